The van der Waals surface area contributed by atoms with Gasteiger partial charge in [0.05, 0.1) is 6.10 Å². The summed E-state index contributed by atoms with van der Waals surface area (Å²) in [4.78, 5) is 23.0. The SMILES string of the molecule is O=C1NC(=O)[C@@]2(C[C@@H](O)c3ccccc32)N1. The fourth-order valence-electron chi connectivity index (χ4n) is 2.51. The van der Waals surface area contributed by atoms with Crippen LogP contribution in [-0.4, -0.2) is 17.0 Å². The van der Waals surface area contributed by atoms with Gasteiger partial charge in [0, 0.05) is 6.42 Å². The normalized spacial score (nSPS) is 31.4. The molecule has 1 aromatic carbocycles. The molecule has 5 heteroatoms. The molecule has 2 aliphatic rings. The van der Waals surface area contributed by atoms with E-state index in [2.05, 4.69) is 10.6 Å². The molecule has 16 heavy (non-hydrogen) atoms. The first-order valence-electron chi connectivity index (χ1n) is 5.04. The molecule has 0 unspecified atom stereocenters. The van der Waals surface area contributed by atoms with E-state index < -0.39 is 17.7 Å². The van der Waals surface area contributed by atoms with Gasteiger partial charge in [0.25, 0.3) is 5.91 Å². The topological polar surface area (TPSA) is 78.4 Å². The minimum Gasteiger partial charge on any atom is -0.388 e. The van der Waals surface area contributed by atoms with Gasteiger partial charge in [0.15, 0.2) is 0 Å². The third-order valence-electron chi connectivity index (χ3n) is 3.22. The van der Waals surface area contributed by atoms with E-state index in [0.29, 0.717) is 11.1 Å². The molecule has 1 saturated heterocycles. The molecule has 0 bridgehead atoms. The van der Waals surface area contributed by atoms with E-state index in [9.17, 15) is 14.7 Å². The van der Waals surface area contributed by atoms with Crippen molar-refractivity contribution in [2.75, 3.05) is 0 Å². The minimum atomic E-state index is -1.08. The fraction of sp³-hybridized carbons (Fsp3) is 0.273. The predicted octanol–water partition coefficient (Wildman–Crippen LogP) is 0.158. The molecule has 5 nitrogen and oxygen atoms in total. The highest BCUT2D eigenvalue weighted by molar-refractivity contribution is 6.08. The van der Waals surface area contributed by atoms with Gasteiger partial charge in [-0.25, -0.2) is 4.79 Å². The Hall–Kier alpha value is -1.88. The number of urea groups is 1. The highest BCUT2D eigenvalue weighted by Crippen LogP contribution is 2.44. The predicted molar refractivity (Wildman–Crippen MR) is 54.4 cm³/mol. The highest BCUT2D eigenvalue weighted by Gasteiger charge is 2.54. The van der Waals surface area contributed by atoms with Crippen LogP contribution in [0.15, 0.2) is 24.3 Å². The summed E-state index contributed by atoms with van der Waals surface area (Å²) >= 11 is 0. The fourth-order valence-corrected chi connectivity index (χ4v) is 2.51. The average Bonchev–Trinajstić information content (AvgIpc) is 2.69. The number of hydrogen-bond acceptors (Lipinski definition) is 3. The van der Waals surface area contributed by atoms with E-state index in [1.807, 2.05) is 0 Å². The van der Waals surface area contributed by atoms with Crippen LogP contribution in [0.4, 0.5) is 4.79 Å². The maximum Gasteiger partial charge on any atom is 0.322 e. The first kappa shape index (κ1) is 9.35. The molecule has 82 valence electrons. The standard InChI is InChI=1S/C11H10N2O3/c14-8-5-11(9(15)12-10(16)13-11)7-4-2-1-3-6(7)8/h1-4,8,14H,5H2,(H2,12,13,15,16)/t8-,11+/m1/s1. The lowest BCUT2D eigenvalue weighted by Crippen LogP contribution is -2.41. The van der Waals surface area contributed by atoms with Gasteiger partial charge in [0.2, 0.25) is 0 Å². The molecule has 3 rings (SSSR count). The average molecular weight is 218 g/mol. The van der Waals surface area contributed by atoms with Crippen molar-refractivity contribution in [1.82, 2.24) is 10.6 Å². The third-order valence-corrected chi connectivity index (χ3v) is 3.22. The summed E-state index contributed by atoms with van der Waals surface area (Å²) in [5.74, 6) is -0.387. The van der Waals surface area contributed by atoms with Gasteiger partial charge in [-0.15, -0.1) is 0 Å². The van der Waals surface area contributed by atoms with Gasteiger partial charge < -0.3 is 10.4 Å². The molecule has 1 aliphatic carbocycles. The molecule has 3 amide bonds. The van der Waals surface area contributed by atoms with Crippen molar-refractivity contribution in [2.45, 2.75) is 18.1 Å². The maximum absolute atomic E-state index is 11.8. The summed E-state index contributed by atoms with van der Waals surface area (Å²) in [5, 5.41) is 14.7. The second-order valence-corrected chi connectivity index (χ2v) is 4.12. The second-order valence-electron chi connectivity index (χ2n) is 4.12. The van der Waals surface area contributed by atoms with Crippen molar-refractivity contribution in [2.24, 2.45) is 0 Å². The smallest absolute Gasteiger partial charge is 0.322 e. The summed E-state index contributed by atoms with van der Waals surface area (Å²) in [6.45, 7) is 0. The van der Waals surface area contributed by atoms with Crippen LogP contribution in [0.25, 0.3) is 0 Å². The number of rotatable bonds is 0. The number of benzene rings is 1. The molecular formula is C11H10N2O3. The Bertz CT molecular complexity index is 500. The van der Waals surface area contributed by atoms with E-state index in [0.717, 1.165) is 0 Å². The van der Waals surface area contributed by atoms with Gasteiger partial charge in [-0.1, -0.05) is 24.3 Å². The number of fused-ring (bicyclic) bond motifs is 2. The molecule has 1 spiro atoms. The monoisotopic (exact) mass is 218 g/mol. The van der Waals surface area contributed by atoms with Crippen molar-refractivity contribution in [3.05, 3.63) is 35.4 Å². The summed E-state index contributed by atoms with van der Waals surface area (Å²) in [5.41, 5.74) is 0.318. The van der Waals surface area contributed by atoms with Crippen molar-refractivity contribution in [3.63, 3.8) is 0 Å². The molecule has 1 aliphatic heterocycles. The van der Waals surface area contributed by atoms with Crippen LogP contribution in [0.5, 0.6) is 0 Å². The van der Waals surface area contributed by atoms with Crippen LogP contribution < -0.4 is 10.6 Å². The van der Waals surface area contributed by atoms with Crippen LogP contribution in [0.1, 0.15) is 23.7 Å². The van der Waals surface area contributed by atoms with Crippen LogP contribution in [0.3, 0.4) is 0 Å². The summed E-state index contributed by atoms with van der Waals surface area (Å²) < 4.78 is 0. The summed E-state index contributed by atoms with van der Waals surface area (Å²) in [7, 11) is 0. The molecule has 2 atom stereocenters. The molecule has 1 aromatic rings. The Morgan fingerprint density at radius 1 is 1.31 bits per heavy atom. The summed E-state index contributed by atoms with van der Waals surface area (Å²) in [6.07, 6.45) is -0.510. The molecule has 0 radical (unpaired) electrons. The molecular weight excluding hydrogens is 208 g/mol. The highest BCUT2D eigenvalue weighted by atomic mass is 16.3. The zero-order valence-corrected chi connectivity index (χ0v) is 8.36. The number of carbonyl (C=O) groups is 2. The van der Waals surface area contributed by atoms with Gasteiger partial charge >= 0.3 is 6.03 Å². The van der Waals surface area contributed by atoms with Crippen molar-refractivity contribution in [3.8, 4) is 0 Å². The Morgan fingerprint density at radius 3 is 2.75 bits per heavy atom. The lowest BCUT2D eigenvalue weighted by Gasteiger charge is -2.20. The first-order valence-corrected chi connectivity index (χ1v) is 5.04. The minimum absolute atomic E-state index is 0.198. The van der Waals surface area contributed by atoms with E-state index in [1.165, 1.54) is 0 Å². The number of imide groups is 1. The van der Waals surface area contributed by atoms with Crippen molar-refractivity contribution >= 4 is 11.9 Å². The van der Waals surface area contributed by atoms with Crippen LogP contribution in [0, 0.1) is 0 Å². The number of nitrogens with one attached hydrogen (secondary N) is 2. The molecule has 1 heterocycles. The first-order chi connectivity index (χ1) is 7.63. The van der Waals surface area contributed by atoms with Crippen molar-refractivity contribution < 1.29 is 14.7 Å². The number of aliphatic hydroxyl groups excluding tert-OH is 1. The largest absolute Gasteiger partial charge is 0.388 e. The summed E-state index contributed by atoms with van der Waals surface area (Å²) in [6, 6.07) is 6.61. The molecule has 1 fully saturated rings. The number of carbonyl (C=O) groups excluding carboxylic acids is 2. The van der Waals surface area contributed by atoms with E-state index >= 15 is 0 Å². The van der Waals surface area contributed by atoms with Gasteiger partial charge in [0.1, 0.15) is 5.54 Å². The van der Waals surface area contributed by atoms with E-state index in [4.69, 9.17) is 0 Å². The van der Waals surface area contributed by atoms with E-state index in [-0.39, 0.29) is 12.3 Å². The molecule has 0 saturated carbocycles. The number of aliphatic hydroxyl groups is 1. The molecule has 3 N–H and O–H groups in total. The maximum atomic E-state index is 11.8. The second kappa shape index (κ2) is 2.82. The Balaban J connectivity index is 2.19. The Kier molecular flexibility index (Phi) is 1.65. The Morgan fingerprint density at radius 2 is 2.06 bits per heavy atom. The lowest BCUT2D eigenvalue weighted by molar-refractivity contribution is -0.124. The van der Waals surface area contributed by atoms with E-state index in [1.54, 1.807) is 24.3 Å². The number of amides is 3. The lowest BCUT2D eigenvalue weighted by atomic mass is 9.92. The van der Waals surface area contributed by atoms with Gasteiger partial charge in [-0.2, -0.15) is 0 Å². The van der Waals surface area contributed by atoms with Crippen LogP contribution in [-0.2, 0) is 10.3 Å². The van der Waals surface area contributed by atoms with Crippen LogP contribution in [0.2, 0.25) is 0 Å². The zero-order chi connectivity index (χ0) is 11.3. The zero-order valence-electron chi connectivity index (χ0n) is 8.36. The van der Waals surface area contributed by atoms with Crippen molar-refractivity contribution in [1.29, 1.82) is 0 Å². The third kappa shape index (κ3) is 0.979. The number of hydrogen-bond donors (Lipinski definition) is 3. The van der Waals surface area contributed by atoms with Gasteiger partial charge in [-0.05, 0) is 11.1 Å². The van der Waals surface area contributed by atoms with Crippen LogP contribution >= 0.6 is 0 Å². The van der Waals surface area contributed by atoms with Gasteiger partial charge in [-0.3, -0.25) is 10.1 Å². The Labute approximate surface area is 91.5 Å². The molecule has 0 aromatic heterocycles. The quantitative estimate of drug-likeness (QED) is 0.543.